The number of hydrogen-bond acceptors (Lipinski definition) is 1. The summed E-state index contributed by atoms with van der Waals surface area (Å²) in [6.45, 7) is 0. The van der Waals surface area contributed by atoms with Gasteiger partial charge < -0.3 is 5.73 Å². The minimum absolute atomic E-state index is 0.211. The topological polar surface area (TPSA) is 26.0 Å². The van der Waals surface area contributed by atoms with Gasteiger partial charge in [-0.05, 0) is 41.0 Å². The highest BCUT2D eigenvalue weighted by atomic mass is 19.1. The molecule has 0 saturated heterocycles. The average molecular weight is 283 g/mol. The normalized spacial score (nSPS) is 12.5. The molecule has 3 aromatic rings. The third-order valence-corrected chi connectivity index (χ3v) is 3.63. The van der Waals surface area contributed by atoms with Gasteiger partial charge in [-0.1, -0.05) is 42.5 Å². The summed E-state index contributed by atoms with van der Waals surface area (Å²) in [5.74, 6) is -0.940. The largest absolute Gasteiger partial charge is 0.324 e. The summed E-state index contributed by atoms with van der Waals surface area (Å²) < 4.78 is 27.0. The van der Waals surface area contributed by atoms with Crippen LogP contribution in [0.1, 0.15) is 17.2 Å². The van der Waals surface area contributed by atoms with Gasteiger partial charge in [0.25, 0.3) is 0 Å². The molecule has 0 fully saturated rings. The molecule has 0 aliphatic rings. The Morgan fingerprint density at radius 2 is 1.62 bits per heavy atom. The zero-order valence-corrected chi connectivity index (χ0v) is 11.4. The van der Waals surface area contributed by atoms with Crippen LogP contribution in [0.2, 0.25) is 0 Å². The van der Waals surface area contributed by atoms with E-state index >= 15 is 0 Å². The predicted octanol–water partition coefficient (Wildman–Crippen LogP) is 4.36. The van der Waals surface area contributed by atoms with Crippen molar-refractivity contribution in [3.8, 4) is 0 Å². The van der Waals surface area contributed by atoms with E-state index in [0.717, 1.165) is 28.5 Å². The van der Waals surface area contributed by atoms with Gasteiger partial charge in [0, 0.05) is 11.6 Å². The molecule has 0 bridgehead atoms. The quantitative estimate of drug-likeness (QED) is 0.759. The molecule has 0 aromatic heterocycles. The Bertz CT molecular complexity index is 783. The van der Waals surface area contributed by atoms with E-state index in [-0.39, 0.29) is 5.56 Å². The molecule has 3 aromatic carbocycles. The molecule has 0 heterocycles. The SMILES string of the molecule is NC(Cc1ccc2ccccc2c1)c1cc(F)ccc1F. The van der Waals surface area contributed by atoms with E-state index in [1.807, 2.05) is 42.5 Å². The minimum Gasteiger partial charge on any atom is -0.324 e. The molecule has 106 valence electrons. The van der Waals surface area contributed by atoms with Crippen LogP contribution >= 0.6 is 0 Å². The van der Waals surface area contributed by atoms with E-state index in [1.165, 1.54) is 6.07 Å². The van der Waals surface area contributed by atoms with Crippen LogP contribution in [0.3, 0.4) is 0 Å². The minimum atomic E-state index is -0.568. The summed E-state index contributed by atoms with van der Waals surface area (Å²) in [6, 6.07) is 16.8. The lowest BCUT2D eigenvalue weighted by Gasteiger charge is -2.14. The maximum Gasteiger partial charge on any atom is 0.128 e. The van der Waals surface area contributed by atoms with Gasteiger partial charge >= 0.3 is 0 Å². The van der Waals surface area contributed by atoms with Crippen LogP contribution in [0.5, 0.6) is 0 Å². The Morgan fingerprint density at radius 1 is 0.857 bits per heavy atom. The second-order valence-electron chi connectivity index (χ2n) is 5.16. The van der Waals surface area contributed by atoms with Gasteiger partial charge in [0.2, 0.25) is 0 Å². The summed E-state index contributed by atoms with van der Waals surface area (Å²) in [5.41, 5.74) is 7.25. The van der Waals surface area contributed by atoms with Crippen molar-refractivity contribution < 1.29 is 8.78 Å². The van der Waals surface area contributed by atoms with E-state index in [9.17, 15) is 8.78 Å². The van der Waals surface area contributed by atoms with Crippen LogP contribution in [-0.2, 0) is 6.42 Å². The number of benzene rings is 3. The number of halogens is 2. The van der Waals surface area contributed by atoms with E-state index in [4.69, 9.17) is 5.73 Å². The van der Waals surface area contributed by atoms with Crippen molar-refractivity contribution in [2.24, 2.45) is 5.73 Å². The van der Waals surface area contributed by atoms with Crippen LogP contribution in [0.15, 0.2) is 60.7 Å². The molecule has 0 amide bonds. The standard InChI is InChI=1S/C18H15F2N/c19-15-7-8-17(20)16(11-15)18(21)10-12-5-6-13-3-1-2-4-14(13)9-12/h1-9,11,18H,10,21H2. The highest BCUT2D eigenvalue weighted by Crippen LogP contribution is 2.22. The van der Waals surface area contributed by atoms with Crippen LogP contribution in [0.4, 0.5) is 8.78 Å². The molecule has 3 heteroatoms. The summed E-state index contributed by atoms with van der Waals surface area (Å²) in [5, 5.41) is 2.26. The van der Waals surface area contributed by atoms with E-state index in [1.54, 1.807) is 0 Å². The van der Waals surface area contributed by atoms with Crippen molar-refractivity contribution in [1.82, 2.24) is 0 Å². The lowest BCUT2D eigenvalue weighted by atomic mass is 9.97. The highest BCUT2D eigenvalue weighted by Gasteiger charge is 2.13. The number of rotatable bonds is 3. The van der Waals surface area contributed by atoms with Gasteiger partial charge in [-0.15, -0.1) is 0 Å². The molecule has 0 radical (unpaired) electrons. The molecular formula is C18H15F2N. The van der Waals surface area contributed by atoms with Gasteiger partial charge in [-0.2, -0.15) is 0 Å². The smallest absolute Gasteiger partial charge is 0.128 e. The van der Waals surface area contributed by atoms with Crippen molar-refractivity contribution in [3.63, 3.8) is 0 Å². The Kier molecular flexibility index (Phi) is 3.67. The zero-order chi connectivity index (χ0) is 14.8. The van der Waals surface area contributed by atoms with Crippen molar-refractivity contribution >= 4 is 10.8 Å². The Hall–Kier alpha value is -2.26. The van der Waals surface area contributed by atoms with Crippen molar-refractivity contribution in [2.75, 3.05) is 0 Å². The molecule has 2 N–H and O–H groups in total. The molecule has 1 unspecified atom stereocenters. The number of hydrogen-bond donors (Lipinski definition) is 1. The first-order chi connectivity index (χ1) is 10.1. The molecule has 1 nitrogen and oxygen atoms in total. The molecule has 0 saturated carbocycles. The maximum absolute atomic E-state index is 13.7. The highest BCUT2D eigenvalue weighted by molar-refractivity contribution is 5.83. The van der Waals surface area contributed by atoms with E-state index in [2.05, 4.69) is 0 Å². The molecule has 3 rings (SSSR count). The third-order valence-electron chi connectivity index (χ3n) is 3.63. The first-order valence-electron chi connectivity index (χ1n) is 6.82. The first kappa shape index (κ1) is 13.7. The monoisotopic (exact) mass is 283 g/mol. The molecule has 0 aliphatic carbocycles. The second kappa shape index (κ2) is 5.62. The van der Waals surface area contributed by atoms with Crippen LogP contribution in [-0.4, -0.2) is 0 Å². The van der Waals surface area contributed by atoms with E-state index in [0.29, 0.717) is 6.42 Å². The van der Waals surface area contributed by atoms with Gasteiger partial charge in [-0.3, -0.25) is 0 Å². The zero-order valence-electron chi connectivity index (χ0n) is 11.4. The third kappa shape index (κ3) is 2.93. The van der Waals surface area contributed by atoms with Gasteiger partial charge in [0.15, 0.2) is 0 Å². The molecule has 0 spiro atoms. The summed E-state index contributed by atoms with van der Waals surface area (Å²) >= 11 is 0. The predicted molar refractivity (Wildman–Crippen MR) is 80.9 cm³/mol. The molecule has 0 aliphatic heterocycles. The van der Waals surface area contributed by atoms with Crippen LogP contribution in [0, 0.1) is 11.6 Å². The summed E-state index contributed by atoms with van der Waals surface area (Å²) in [7, 11) is 0. The fraction of sp³-hybridized carbons (Fsp3) is 0.111. The molecule has 1 atom stereocenters. The lowest BCUT2D eigenvalue weighted by Crippen LogP contribution is -2.15. The Morgan fingerprint density at radius 3 is 2.43 bits per heavy atom. The van der Waals surface area contributed by atoms with Crippen LogP contribution in [0.25, 0.3) is 10.8 Å². The van der Waals surface area contributed by atoms with Crippen molar-refractivity contribution in [2.45, 2.75) is 12.5 Å². The lowest BCUT2D eigenvalue weighted by molar-refractivity contribution is 0.561. The number of nitrogens with two attached hydrogens (primary N) is 1. The Labute approximate surface area is 122 Å². The fourth-order valence-electron chi connectivity index (χ4n) is 2.53. The maximum atomic E-state index is 13.7. The first-order valence-corrected chi connectivity index (χ1v) is 6.82. The summed E-state index contributed by atoms with van der Waals surface area (Å²) in [6.07, 6.45) is 0.463. The summed E-state index contributed by atoms with van der Waals surface area (Å²) in [4.78, 5) is 0. The number of fused-ring (bicyclic) bond motifs is 1. The van der Waals surface area contributed by atoms with Gasteiger partial charge in [0.05, 0.1) is 0 Å². The Balaban J connectivity index is 1.88. The van der Waals surface area contributed by atoms with Gasteiger partial charge in [0.1, 0.15) is 11.6 Å². The molecule has 21 heavy (non-hydrogen) atoms. The van der Waals surface area contributed by atoms with E-state index < -0.39 is 17.7 Å². The molecular weight excluding hydrogens is 268 g/mol. The second-order valence-corrected chi connectivity index (χ2v) is 5.16. The van der Waals surface area contributed by atoms with Crippen LogP contribution < -0.4 is 5.73 Å². The van der Waals surface area contributed by atoms with Crippen molar-refractivity contribution in [1.29, 1.82) is 0 Å². The average Bonchev–Trinajstić information content (AvgIpc) is 2.49. The fourth-order valence-corrected chi connectivity index (χ4v) is 2.53. The van der Waals surface area contributed by atoms with Gasteiger partial charge in [-0.25, -0.2) is 8.78 Å². The van der Waals surface area contributed by atoms with Crippen molar-refractivity contribution in [3.05, 3.63) is 83.4 Å².